The summed E-state index contributed by atoms with van der Waals surface area (Å²) >= 11 is 1.60. The summed E-state index contributed by atoms with van der Waals surface area (Å²) in [5.74, 6) is 0.807. The number of aryl methyl sites for hydroxylation is 1. The Hall–Kier alpha value is -2.63. The van der Waals surface area contributed by atoms with Crippen LogP contribution in [-0.2, 0) is 10.0 Å². The van der Waals surface area contributed by atoms with Gasteiger partial charge in [0, 0.05) is 43.2 Å². The van der Waals surface area contributed by atoms with Crippen LogP contribution in [0.2, 0.25) is 0 Å². The van der Waals surface area contributed by atoms with Crippen LogP contribution in [0.5, 0.6) is 0 Å². The number of rotatable bonds is 4. The SMILES string of the molecule is Cc1cc2c(N3CCN(S(=O)(=O)c4cccc([N+](=O)[O-])c4)CC3)ncnc2s1. The molecule has 0 atom stereocenters. The summed E-state index contributed by atoms with van der Waals surface area (Å²) in [7, 11) is -3.79. The number of thiophene rings is 1. The Morgan fingerprint density at radius 3 is 2.61 bits per heavy atom. The normalized spacial score (nSPS) is 15.8. The minimum atomic E-state index is -3.79. The number of fused-ring (bicyclic) bond motifs is 1. The number of non-ortho nitro benzene ring substituents is 1. The molecule has 3 heterocycles. The van der Waals surface area contributed by atoms with E-state index in [1.54, 1.807) is 11.3 Å². The summed E-state index contributed by atoms with van der Waals surface area (Å²) in [6.07, 6.45) is 1.53. The number of nitrogens with zero attached hydrogens (tertiary/aromatic N) is 5. The van der Waals surface area contributed by atoms with Crippen molar-refractivity contribution < 1.29 is 13.3 Å². The molecule has 1 aliphatic rings. The van der Waals surface area contributed by atoms with Crippen LogP contribution in [0.1, 0.15) is 4.88 Å². The molecule has 11 heteroatoms. The minimum Gasteiger partial charge on any atom is -0.353 e. The first-order chi connectivity index (χ1) is 13.4. The second-order valence-electron chi connectivity index (χ2n) is 6.42. The highest BCUT2D eigenvalue weighted by atomic mass is 32.2. The molecule has 0 unspecified atom stereocenters. The van der Waals surface area contributed by atoms with Gasteiger partial charge in [0.15, 0.2) is 0 Å². The fraction of sp³-hybridized carbons (Fsp3) is 0.294. The second-order valence-corrected chi connectivity index (χ2v) is 9.59. The van der Waals surface area contributed by atoms with E-state index in [0.29, 0.717) is 13.1 Å². The van der Waals surface area contributed by atoms with E-state index in [1.165, 1.54) is 28.8 Å². The van der Waals surface area contributed by atoms with Gasteiger partial charge in [-0.2, -0.15) is 4.31 Å². The quantitative estimate of drug-likeness (QED) is 0.472. The Morgan fingerprint density at radius 1 is 1.14 bits per heavy atom. The predicted octanol–water partition coefficient (Wildman–Crippen LogP) is 2.42. The number of benzene rings is 1. The van der Waals surface area contributed by atoms with E-state index < -0.39 is 14.9 Å². The fourth-order valence-electron chi connectivity index (χ4n) is 3.26. The van der Waals surface area contributed by atoms with Gasteiger partial charge in [0.05, 0.1) is 15.2 Å². The van der Waals surface area contributed by atoms with Gasteiger partial charge in [-0.15, -0.1) is 11.3 Å². The maximum atomic E-state index is 12.9. The first-order valence-electron chi connectivity index (χ1n) is 8.57. The van der Waals surface area contributed by atoms with Crippen LogP contribution < -0.4 is 4.90 Å². The van der Waals surface area contributed by atoms with Crippen molar-refractivity contribution in [2.75, 3.05) is 31.1 Å². The van der Waals surface area contributed by atoms with E-state index in [0.717, 1.165) is 27.0 Å². The zero-order chi connectivity index (χ0) is 19.9. The number of piperazine rings is 1. The molecule has 0 aliphatic carbocycles. The molecule has 0 spiro atoms. The molecule has 1 fully saturated rings. The van der Waals surface area contributed by atoms with Crippen LogP contribution in [0.15, 0.2) is 41.6 Å². The summed E-state index contributed by atoms with van der Waals surface area (Å²) < 4.78 is 27.1. The highest BCUT2D eigenvalue weighted by molar-refractivity contribution is 7.89. The van der Waals surface area contributed by atoms with E-state index in [9.17, 15) is 18.5 Å². The summed E-state index contributed by atoms with van der Waals surface area (Å²) in [6.45, 7) is 3.53. The molecule has 0 saturated carbocycles. The summed E-state index contributed by atoms with van der Waals surface area (Å²) in [5.41, 5.74) is -0.240. The molecule has 1 aliphatic heterocycles. The molecular formula is C17H17N5O4S2. The maximum absolute atomic E-state index is 12.9. The van der Waals surface area contributed by atoms with Gasteiger partial charge in [0.1, 0.15) is 17.0 Å². The molecule has 146 valence electrons. The third-order valence-corrected chi connectivity index (χ3v) is 7.49. The van der Waals surface area contributed by atoms with Crippen molar-refractivity contribution in [1.29, 1.82) is 0 Å². The van der Waals surface area contributed by atoms with Crippen LogP contribution in [0.3, 0.4) is 0 Å². The van der Waals surface area contributed by atoms with Crippen LogP contribution in [0, 0.1) is 17.0 Å². The smallest absolute Gasteiger partial charge is 0.270 e. The first kappa shape index (κ1) is 18.7. The van der Waals surface area contributed by atoms with Gasteiger partial charge < -0.3 is 4.90 Å². The van der Waals surface area contributed by atoms with Crippen molar-refractivity contribution in [3.63, 3.8) is 0 Å². The van der Waals surface area contributed by atoms with Crippen molar-refractivity contribution in [3.8, 4) is 0 Å². The van der Waals surface area contributed by atoms with Crippen LogP contribution in [-0.4, -0.2) is 53.8 Å². The standard InChI is InChI=1S/C17H17N5O4S2/c1-12-9-15-16(18-11-19-17(15)27-12)20-5-7-21(8-6-20)28(25,26)14-4-2-3-13(10-14)22(23)24/h2-4,9-11H,5-8H2,1H3. The van der Waals surface area contributed by atoms with Crippen LogP contribution in [0.4, 0.5) is 11.5 Å². The lowest BCUT2D eigenvalue weighted by Crippen LogP contribution is -2.49. The van der Waals surface area contributed by atoms with Crippen molar-refractivity contribution in [2.45, 2.75) is 11.8 Å². The van der Waals surface area contributed by atoms with E-state index in [4.69, 9.17) is 0 Å². The Morgan fingerprint density at radius 2 is 1.89 bits per heavy atom. The molecule has 1 saturated heterocycles. The number of sulfonamides is 1. The summed E-state index contributed by atoms with van der Waals surface area (Å²) in [5, 5.41) is 11.9. The van der Waals surface area contributed by atoms with Crippen molar-refractivity contribution in [3.05, 3.63) is 51.7 Å². The van der Waals surface area contributed by atoms with Crippen molar-refractivity contribution >= 4 is 43.1 Å². The monoisotopic (exact) mass is 419 g/mol. The van der Waals surface area contributed by atoms with Gasteiger partial charge in [-0.1, -0.05) is 6.07 Å². The van der Waals surface area contributed by atoms with E-state index in [1.807, 2.05) is 13.0 Å². The molecule has 4 rings (SSSR count). The van der Waals surface area contributed by atoms with E-state index >= 15 is 0 Å². The lowest BCUT2D eigenvalue weighted by Gasteiger charge is -2.34. The lowest BCUT2D eigenvalue weighted by molar-refractivity contribution is -0.385. The molecule has 0 N–H and O–H groups in total. The van der Waals surface area contributed by atoms with Gasteiger partial charge in [-0.25, -0.2) is 18.4 Å². The first-order valence-corrected chi connectivity index (χ1v) is 10.8. The Balaban J connectivity index is 1.55. The number of hydrogen-bond acceptors (Lipinski definition) is 8. The van der Waals surface area contributed by atoms with Crippen LogP contribution in [0.25, 0.3) is 10.2 Å². The van der Waals surface area contributed by atoms with E-state index in [2.05, 4.69) is 14.9 Å². The molecular weight excluding hydrogens is 402 g/mol. The highest BCUT2D eigenvalue weighted by Gasteiger charge is 2.30. The van der Waals surface area contributed by atoms with Crippen molar-refractivity contribution in [1.82, 2.24) is 14.3 Å². The average molecular weight is 419 g/mol. The molecule has 9 nitrogen and oxygen atoms in total. The number of nitro benzene ring substituents is 1. The van der Waals surface area contributed by atoms with Gasteiger partial charge in [-0.3, -0.25) is 10.1 Å². The molecule has 0 radical (unpaired) electrons. The van der Waals surface area contributed by atoms with Gasteiger partial charge in [0.25, 0.3) is 5.69 Å². The number of aromatic nitrogens is 2. The zero-order valence-electron chi connectivity index (χ0n) is 15.0. The summed E-state index contributed by atoms with van der Waals surface area (Å²) in [6, 6.07) is 7.19. The fourth-order valence-corrected chi connectivity index (χ4v) is 5.57. The zero-order valence-corrected chi connectivity index (χ0v) is 16.6. The molecule has 0 bridgehead atoms. The average Bonchev–Trinajstić information content (AvgIpc) is 3.08. The van der Waals surface area contributed by atoms with Crippen molar-refractivity contribution in [2.24, 2.45) is 0 Å². The topological polar surface area (TPSA) is 110 Å². The Kier molecular flexibility index (Phi) is 4.73. The number of nitro groups is 1. The largest absolute Gasteiger partial charge is 0.353 e. The highest BCUT2D eigenvalue weighted by Crippen LogP contribution is 2.31. The van der Waals surface area contributed by atoms with Crippen LogP contribution >= 0.6 is 11.3 Å². The Labute approximate surface area is 165 Å². The molecule has 28 heavy (non-hydrogen) atoms. The lowest BCUT2D eigenvalue weighted by atomic mass is 10.3. The molecule has 3 aromatic rings. The third kappa shape index (κ3) is 3.32. The maximum Gasteiger partial charge on any atom is 0.270 e. The number of hydrogen-bond donors (Lipinski definition) is 0. The van der Waals surface area contributed by atoms with Gasteiger partial charge in [-0.05, 0) is 19.1 Å². The number of anilines is 1. The summed E-state index contributed by atoms with van der Waals surface area (Å²) in [4.78, 5) is 23.1. The molecule has 2 aromatic heterocycles. The van der Waals surface area contributed by atoms with E-state index in [-0.39, 0.29) is 23.7 Å². The second kappa shape index (κ2) is 7.08. The van der Waals surface area contributed by atoms with Gasteiger partial charge >= 0.3 is 0 Å². The Bertz CT molecular complexity index is 1150. The minimum absolute atomic E-state index is 0.0620. The predicted molar refractivity (Wildman–Crippen MR) is 106 cm³/mol. The molecule has 0 amide bonds. The van der Waals surface area contributed by atoms with Gasteiger partial charge in [0.2, 0.25) is 10.0 Å². The third-order valence-electron chi connectivity index (χ3n) is 4.64. The molecule has 1 aromatic carbocycles.